The van der Waals surface area contributed by atoms with Gasteiger partial charge in [-0.3, -0.25) is 4.79 Å². The van der Waals surface area contributed by atoms with Gasteiger partial charge in [-0.1, -0.05) is 65.3 Å². The summed E-state index contributed by atoms with van der Waals surface area (Å²) in [6, 6.07) is 17.3. The second kappa shape index (κ2) is 7.32. The summed E-state index contributed by atoms with van der Waals surface area (Å²) in [4.78, 5) is 12.6. The van der Waals surface area contributed by atoms with Crippen molar-refractivity contribution in [3.05, 3.63) is 76.5 Å². The fourth-order valence-electron chi connectivity index (χ4n) is 2.53. The molecule has 0 fully saturated rings. The molecular formula is C19H17ClN2O2. The van der Waals surface area contributed by atoms with Crippen LogP contribution in [0.15, 0.2) is 59.1 Å². The number of amides is 1. The minimum atomic E-state index is -0.209. The number of aryl methyl sites for hydroxylation is 1. The summed E-state index contributed by atoms with van der Waals surface area (Å²) in [7, 11) is 0. The van der Waals surface area contributed by atoms with Gasteiger partial charge in [0.15, 0.2) is 0 Å². The largest absolute Gasteiger partial charge is 0.360 e. The van der Waals surface area contributed by atoms with E-state index in [1.165, 1.54) is 5.56 Å². The fourth-order valence-corrected chi connectivity index (χ4v) is 2.76. The Hall–Kier alpha value is -2.59. The van der Waals surface area contributed by atoms with E-state index in [9.17, 15) is 4.79 Å². The van der Waals surface area contributed by atoms with Crippen molar-refractivity contribution in [2.75, 3.05) is 6.54 Å². The van der Waals surface area contributed by atoms with Crippen molar-refractivity contribution in [2.45, 2.75) is 13.3 Å². The number of aromatic nitrogens is 1. The summed E-state index contributed by atoms with van der Waals surface area (Å²) >= 11 is 6.22. The van der Waals surface area contributed by atoms with E-state index >= 15 is 0 Å². The Morgan fingerprint density at radius 3 is 2.58 bits per heavy atom. The van der Waals surface area contributed by atoms with Crippen LogP contribution in [-0.4, -0.2) is 17.6 Å². The van der Waals surface area contributed by atoms with E-state index in [-0.39, 0.29) is 5.91 Å². The first-order valence-electron chi connectivity index (χ1n) is 7.70. The van der Waals surface area contributed by atoms with Crippen molar-refractivity contribution in [3.63, 3.8) is 0 Å². The molecule has 0 spiro atoms. The summed E-state index contributed by atoms with van der Waals surface area (Å²) in [5.41, 5.74) is 2.75. The number of carbonyl (C=O) groups excluding carboxylic acids is 1. The fraction of sp³-hybridized carbons (Fsp3) is 0.158. The van der Waals surface area contributed by atoms with E-state index in [0.717, 1.165) is 6.42 Å². The summed E-state index contributed by atoms with van der Waals surface area (Å²) in [6.07, 6.45) is 0.762. The van der Waals surface area contributed by atoms with Crippen LogP contribution in [0, 0.1) is 6.92 Å². The monoisotopic (exact) mass is 340 g/mol. The number of benzene rings is 2. The normalized spacial score (nSPS) is 10.6. The maximum absolute atomic E-state index is 12.6. The number of nitrogens with zero attached hydrogens (tertiary/aromatic N) is 1. The van der Waals surface area contributed by atoms with Gasteiger partial charge in [-0.05, 0) is 25.0 Å². The average Bonchev–Trinajstić information content (AvgIpc) is 2.97. The Labute approximate surface area is 145 Å². The Morgan fingerprint density at radius 2 is 1.83 bits per heavy atom. The van der Waals surface area contributed by atoms with Gasteiger partial charge in [0.2, 0.25) is 0 Å². The van der Waals surface area contributed by atoms with Crippen molar-refractivity contribution < 1.29 is 9.32 Å². The molecule has 0 atom stereocenters. The van der Waals surface area contributed by atoms with Crippen LogP contribution < -0.4 is 5.32 Å². The molecule has 0 aliphatic heterocycles. The van der Waals surface area contributed by atoms with Crippen LogP contribution in [0.3, 0.4) is 0 Å². The highest BCUT2D eigenvalue weighted by molar-refractivity contribution is 6.33. The van der Waals surface area contributed by atoms with Crippen LogP contribution in [-0.2, 0) is 6.42 Å². The van der Waals surface area contributed by atoms with E-state index in [1.54, 1.807) is 13.0 Å². The molecule has 1 N–H and O–H groups in total. The van der Waals surface area contributed by atoms with E-state index < -0.39 is 0 Å². The van der Waals surface area contributed by atoms with Crippen molar-refractivity contribution in [2.24, 2.45) is 0 Å². The summed E-state index contributed by atoms with van der Waals surface area (Å²) in [5.74, 6) is 0.265. The third kappa shape index (κ3) is 3.49. The van der Waals surface area contributed by atoms with Gasteiger partial charge in [-0.15, -0.1) is 0 Å². The number of carbonyl (C=O) groups is 1. The van der Waals surface area contributed by atoms with E-state index in [0.29, 0.717) is 34.1 Å². The Balaban J connectivity index is 1.76. The van der Waals surface area contributed by atoms with E-state index in [1.807, 2.05) is 48.5 Å². The molecule has 0 aliphatic carbocycles. The standard InChI is InChI=1S/C19H17ClN2O2/c1-13-17(18(22-24-13)15-9-5-6-10-16(15)20)19(23)21-12-11-14-7-3-2-4-8-14/h2-10H,11-12H2,1H3,(H,21,23). The number of rotatable bonds is 5. The van der Waals surface area contributed by atoms with Gasteiger partial charge < -0.3 is 9.84 Å². The Bertz CT molecular complexity index is 844. The molecule has 0 aliphatic rings. The zero-order valence-electron chi connectivity index (χ0n) is 13.3. The summed E-state index contributed by atoms with van der Waals surface area (Å²) in [5, 5.41) is 7.47. The first kappa shape index (κ1) is 16.3. The zero-order valence-corrected chi connectivity index (χ0v) is 14.0. The van der Waals surface area contributed by atoms with Crippen LogP contribution in [0.4, 0.5) is 0 Å². The topological polar surface area (TPSA) is 55.1 Å². The molecule has 0 radical (unpaired) electrons. The highest BCUT2D eigenvalue weighted by Gasteiger charge is 2.22. The lowest BCUT2D eigenvalue weighted by Gasteiger charge is -2.07. The number of hydrogen-bond donors (Lipinski definition) is 1. The molecule has 24 heavy (non-hydrogen) atoms. The maximum Gasteiger partial charge on any atom is 0.257 e. The molecule has 122 valence electrons. The van der Waals surface area contributed by atoms with Crippen LogP contribution >= 0.6 is 11.6 Å². The van der Waals surface area contributed by atoms with E-state index in [2.05, 4.69) is 10.5 Å². The minimum Gasteiger partial charge on any atom is -0.360 e. The molecule has 1 aromatic heterocycles. The predicted molar refractivity (Wildman–Crippen MR) is 94.2 cm³/mol. The number of hydrogen-bond acceptors (Lipinski definition) is 3. The lowest BCUT2D eigenvalue weighted by Crippen LogP contribution is -2.26. The number of halogens is 1. The van der Waals surface area contributed by atoms with Crippen molar-refractivity contribution in [3.8, 4) is 11.3 Å². The molecular weight excluding hydrogens is 324 g/mol. The Morgan fingerprint density at radius 1 is 1.12 bits per heavy atom. The molecule has 0 unspecified atom stereocenters. The van der Waals surface area contributed by atoms with Crippen molar-refractivity contribution >= 4 is 17.5 Å². The maximum atomic E-state index is 12.6. The molecule has 0 saturated heterocycles. The minimum absolute atomic E-state index is 0.209. The first-order chi connectivity index (χ1) is 11.7. The zero-order chi connectivity index (χ0) is 16.9. The molecule has 1 amide bonds. The molecule has 4 nitrogen and oxygen atoms in total. The molecule has 5 heteroatoms. The van der Waals surface area contributed by atoms with Crippen LogP contribution in [0.5, 0.6) is 0 Å². The Kier molecular flexibility index (Phi) is 4.96. The van der Waals surface area contributed by atoms with Crippen molar-refractivity contribution in [1.82, 2.24) is 10.5 Å². The predicted octanol–water partition coefficient (Wildman–Crippen LogP) is 4.28. The summed E-state index contributed by atoms with van der Waals surface area (Å²) < 4.78 is 5.22. The summed E-state index contributed by atoms with van der Waals surface area (Å²) in [6.45, 7) is 2.26. The third-order valence-electron chi connectivity index (χ3n) is 3.76. The third-order valence-corrected chi connectivity index (χ3v) is 4.09. The molecule has 3 rings (SSSR count). The van der Waals surface area contributed by atoms with Gasteiger partial charge in [0, 0.05) is 12.1 Å². The van der Waals surface area contributed by atoms with Gasteiger partial charge in [-0.2, -0.15) is 0 Å². The first-order valence-corrected chi connectivity index (χ1v) is 8.08. The van der Waals surface area contributed by atoms with Crippen molar-refractivity contribution in [1.29, 1.82) is 0 Å². The second-order valence-electron chi connectivity index (χ2n) is 5.43. The lowest BCUT2D eigenvalue weighted by molar-refractivity contribution is 0.0953. The van der Waals surface area contributed by atoms with Gasteiger partial charge in [0.25, 0.3) is 5.91 Å². The van der Waals surface area contributed by atoms with Gasteiger partial charge in [0.1, 0.15) is 17.0 Å². The lowest BCUT2D eigenvalue weighted by atomic mass is 10.1. The molecule has 3 aromatic rings. The van der Waals surface area contributed by atoms with Gasteiger partial charge in [0.05, 0.1) is 5.02 Å². The smallest absolute Gasteiger partial charge is 0.257 e. The van der Waals surface area contributed by atoms with Crippen LogP contribution in [0.25, 0.3) is 11.3 Å². The average molecular weight is 341 g/mol. The van der Waals surface area contributed by atoms with Crippen LogP contribution in [0.2, 0.25) is 5.02 Å². The molecule has 0 bridgehead atoms. The quantitative estimate of drug-likeness (QED) is 0.754. The van der Waals surface area contributed by atoms with E-state index in [4.69, 9.17) is 16.1 Å². The molecule has 0 saturated carbocycles. The highest BCUT2D eigenvalue weighted by atomic mass is 35.5. The molecule has 1 heterocycles. The number of nitrogens with one attached hydrogen (secondary N) is 1. The van der Waals surface area contributed by atoms with Gasteiger partial charge in [-0.25, -0.2) is 0 Å². The second-order valence-corrected chi connectivity index (χ2v) is 5.84. The van der Waals surface area contributed by atoms with Crippen LogP contribution in [0.1, 0.15) is 21.7 Å². The highest BCUT2D eigenvalue weighted by Crippen LogP contribution is 2.30. The molecule has 2 aromatic carbocycles. The van der Waals surface area contributed by atoms with Gasteiger partial charge >= 0.3 is 0 Å². The SMILES string of the molecule is Cc1onc(-c2ccccc2Cl)c1C(=O)NCCc1ccccc1.